The van der Waals surface area contributed by atoms with Gasteiger partial charge in [0.05, 0.1) is 7.11 Å². The number of methoxy groups -OCH3 is 1. The summed E-state index contributed by atoms with van der Waals surface area (Å²) < 4.78 is 4.86. The lowest BCUT2D eigenvalue weighted by atomic mass is 10.1. The van der Waals surface area contributed by atoms with Crippen LogP contribution >= 0.6 is 34.9 Å². The van der Waals surface area contributed by atoms with Gasteiger partial charge in [-0.1, -0.05) is 42.0 Å². The van der Waals surface area contributed by atoms with E-state index in [4.69, 9.17) is 16.3 Å². The molecule has 1 aromatic rings. The molecule has 0 saturated heterocycles. The Morgan fingerprint density at radius 1 is 1.33 bits per heavy atom. The molecule has 2 rings (SSSR count). The lowest BCUT2D eigenvalue weighted by Crippen LogP contribution is -2.31. The largest absolute Gasteiger partial charge is 0.468 e. The van der Waals surface area contributed by atoms with Crippen LogP contribution in [0.2, 0.25) is 5.02 Å². The minimum absolute atomic E-state index is 0. The number of carbonyl (C=O) groups is 1. The van der Waals surface area contributed by atoms with Crippen LogP contribution in [-0.4, -0.2) is 25.4 Å². The van der Waals surface area contributed by atoms with Crippen molar-refractivity contribution in [2.75, 3.05) is 19.4 Å². The first-order chi connectivity index (χ1) is 9.72. The third kappa shape index (κ3) is 5.08. The SMILES string of the molecule is COC(=O)[C@H](NCC[SH]1C=CC=C1)c1ccccc1Cl.Cl. The van der Waals surface area contributed by atoms with E-state index in [1.54, 1.807) is 6.07 Å². The van der Waals surface area contributed by atoms with Gasteiger partial charge in [0.1, 0.15) is 6.04 Å². The number of rotatable bonds is 6. The molecule has 0 radical (unpaired) electrons. The molecule has 1 heterocycles. The molecule has 6 heteroatoms. The smallest absolute Gasteiger partial charge is 0.327 e. The molecule has 0 fully saturated rings. The summed E-state index contributed by atoms with van der Waals surface area (Å²) in [6.45, 7) is 0.741. The molecule has 0 unspecified atom stereocenters. The zero-order chi connectivity index (χ0) is 14.4. The van der Waals surface area contributed by atoms with Crippen LogP contribution in [0.25, 0.3) is 0 Å². The number of nitrogens with one attached hydrogen (secondary N) is 1. The number of esters is 1. The van der Waals surface area contributed by atoms with E-state index in [1.807, 2.05) is 18.2 Å². The van der Waals surface area contributed by atoms with Gasteiger partial charge < -0.3 is 4.74 Å². The highest BCUT2D eigenvalue weighted by Crippen LogP contribution is 2.32. The summed E-state index contributed by atoms with van der Waals surface area (Å²) in [4.78, 5) is 11.9. The fraction of sp³-hybridized carbons (Fsp3) is 0.267. The molecule has 3 nitrogen and oxygen atoms in total. The first kappa shape index (κ1) is 18.1. The van der Waals surface area contributed by atoms with Gasteiger partial charge in [0.25, 0.3) is 0 Å². The van der Waals surface area contributed by atoms with Gasteiger partial charge in [-0.3, -0.25) is 5.32 Å². The van der Waals surface area contributed by atoms with Gasteiger partial charge in [-0.05, 0) is 28.2 Å². The molecule has 1 atom stereocenters. The number of carbonyl (C=O) groups excluding carboxylic acids is 1. The van der Waals surface area contributed by atoms with E-state index in [0.717, 1.165) is 17.9 Å². The molecule has 21 heavy (non-hydrogen) atoms. The third-order valence-corrected chi connectivity index (χ3v) is 5.23. The Hall–Kier alpha value is -0.940. The number of ether oxygens (including phenoxy) is 1. The zero-order valence-corrected chi connectivity index (χ0v) is 14.1. The van der Waals surface area contributed by atoms with Crippen LogP contribution in [0.4, 0.5) is 0 Å². The Balaban J connectivity index is 0.00000220. The van der Waals surface area contributed by atoms with Crippen LogP contribution in [0.15, 0.2) is 47.2 Å². The van der Waals surface area contributed by atoms with Crippen molar-refractivity contribution >= 4 is 40.9 Å². The minimum atomic E-state index is -0.515. The van der Waals surface area contributed by atoms with Crippen molar-refractivity contribution in [2.45, 2.75) is 6.04 Å². The van der Waals surface area contributed by atoms with Crippen LogP contribution < -0.4 is 5.32 Å². The maximum atomic E-state index is 11.9. The number of hydrogen-bond acceptors (Lipinski definition) is 3. The van der Waals surface area contributed by atoms with Crippen molar-refractivity contribution < 1.29 is 9.53 Å². The highest BCUT2D eigenvalue weighted by Gasteiger charge is 2.22. The zero-order valence-electron chi connectivity index (χ0n) is 11.7. The molecular formula is C15H19Cl2NO2S. The Labute approximate surface area is 139 Å². The van der Waals surface area contributed by atoms with Gasteiger partial charge in [-0.2, -0.15) is 0 Å². The maximum absolute atomic E-state index is 11.9. The number of allylic oxidation sites excluding steroid dienone is 2. The molecule has 1 N–H and O–H groups in total. The number of hydrogen-bond donors (Lipinski definition) is 2. The first-order valence-electron chi connectivity index (χ1n) is 6.39. The quantitative estimate of drug-likeness (QED) is 0.609. The van der Waals surface area contributed by atoms with Gasteiger partial charge in [0.15, 0.2) is 0 Å². The lowest BCUT2D eigenvalue weighted by Gasteiger charge is -2.19. The molecule has 0 amide bonds. The lowest BCUT2D eigenvalue weighted by molar-refractivity contribution is -0.143. The Bertz CT molecular complexity index is 522. The standard InChI is InChI=1S/C15H18ClNO2S.ClH/c1-19-15(18)14(12-6-2-3-7-13(12)16)17-8-11-20-9-4-5-10-20;/h2-7,9-10,14,17,20H,8,11H2,1H3;1H/t14-;/m1./s1. The second-order valence-electron chi connectivity index (χ2n) is 4.35. The van der Waals surface area contributed by atoms with E-state index in [9.17, 15) is 4.79 Å². The highest BCUT2D eigenvalue weighted by molar-refractivity contribution is 8.22. The van der Waals surface area contributed by atoms with E-state index in [-0.39, 0.29) is 29.3 Å². The predicted octanol–water partition coefficient (Wildman–Crippen LogP) is 3.61. The van der Waals surface area contributed by atoms with Gasteiger partial charge in [-0.15, -0.1) is 12.4 Å². The molecular weight excluding hydrogens is 329 g/mol. The maximum Gasteiger partial charge on any atom is 0.327 e. The van der Waals surface area contributed by atoms with Crippen molar-refractivity contribution in [2.24, 2.45) is 0 Å². The Kier molecular flexibility index (Phi) is 7.89. The van der Waals surface area contributed by atoms with Crippen molar-refractivity contribution in [1.82, 2.24) is 5.32 Å². The van der Waals surface area contributed by atoms with Crippen molar-refractivity contribution in [3.8, 4) is 0 Å². The third-order valence-electron chi connectivity index (χ3n) is 3.04. The Morgan fingerprint density at radius 2 is 2.00 bits per heavy atom. The minimum Gasteiger partial charge on any atom is -0.468 e. The van der Waals surface area contributed by atoms with E-state index in [2.05, 4.69) is 28.3 Å². The van der Waals surface area contributed by atoms with Crippen LogP contribution in [0, 0.1) is 0 Å². The molecule has 116 valence electrons. The van der Waals surface area contributed by atoms with Gasteiger partial charge in [0.2, 0.25) is 0 Å². The van der Waals surface area contributed by atoms with E-state index < -0.39 is 6.04 Å². The summed E-state index contributed by atoms with van der Waals surface area (Å²) in [6, 6.07) is 6.82. The predicted molar refractivity (Wildman–Crippen MR) is 93.6 cm³/mol. The molecule has 1 aliphatic heterocycles. The van der Waals surface area contributed by atoms with Crippen molar-refractivity contribution in [3.05, 3.63) is 57.8 Å². The summed E-state index contributed by atoms with van der Waals surface area (Å²) in [7, 11) is 1.20. The number of halogens is 2. The van der Waals surface area contributed by atoms with E-state index >= 15 is 0 Å². The van der Waals surface area contributed by atoms with Crippen molar-refractivity contribution in [1.29, 1.82) is 0 Å². The highest BCUT2D eigenvalue weighted by atomic mass is 35.5. The molecule has 0 saturated carbocycles. The normalized spacial score (nSPS) is 15.6. The Morgan fingerprint density at radius 3 is 2.62 bits per heavy atom. The van der Waals surface area contributed by atoms with Crippen LogP contribution in [0.3, 0.4) is 0 Å². The summed E-state index contributed by atoms with van der Waals surface area (Å²) in [6.07, 6.45) is 4.13. The van der Waals surface area contributed by atoms with Crippen LogP contribution in [0.1, 0.15) is 11.6 Å². The van der Waals surface area contributed by atoms with Gasteiger partial charge in [0, 0.05) is 11.6 Å². The summed E-state index contributed by atoms with van der Waals surface area (Å²) in [5.74, 6) is 0.684. The van der Waals surface area contributed by atoms with Gasteiger partial charge >= 0.3 is 5.97 Å². The fourth-order valence-electron chi connectivity index (χ4n) is 2.00. The monoisotopic (exact) mass is 347 g/mol. The molecule has 0 bridgehead atoms. The van der Waals surface area contributed by atoms with Crippen LogP contribution in [-0.2, 0) is 9.53 Å². The molecule has 0 aromatic heterocycles. The fourth-order valence-corrected chi connectivity index (χ4v) is 3.68. The average molecular weight is 348 g/mol. The molecule has 0 spiro atoms. The second kappa shape index (κ2) is 9.15. The molecule has 1 aromatic carbocycles. The number of thiol groups is 1. The van der Waals surface area contributed by atoms with Crippen molar-refractivity contribution in [3.63, 3.8) is 0 Å². The summed E-state index contributed by atoms with van der Waals surface area (Å²) in [5.41, 5.74) is 0.756. The molecule has 0 aliphatic carbocycles. The summed E-state index contributed by atoms with van der Waals surface area (Å²) >= 11 is 6.16. The van der Waals surface area contributed by atoms with E-state index in [0.29, 0.717) is 5.02 Å². The first-order valence-corrected chi connectivity index (χ1v) is 8.43. The number of benzene rings is 1. The second-order valence-corrected chi connectivity index (χ2v) is 6.83. The molecule has 1 aliphatic rings. The average Bonchev–Trinajstić information content (AvgIpc) is 2.97. The van der Waals surface area contributed by atoms with E-state index in [1.165, 1.54) is 7.11 Å². The topological polar surface area (TPSA) is 38.3 Å². The van der Waals surface area contributed by atoms with Gasteiger partial charge in [-0.25, -0.2) is 15.7 Å². The van der Waals surface area contributed by atoms with Crippen LogP contribution in [0.5, 0.6) is 0 Å². The summed E-state index contributed by atoms with van der Waals surface area (Å²) in [5, 5.41) is 8.23.